The number of nitrogens with zero attached hydrogens (tertiary/aromatic N) is 4. The zero-order valence-electron chi connectivity index (χ0n) is 11.6. The van der Waals surface area contributed by atoms with Crippen LogP contribution in [0.4, 0.5) is 0 Å². The fraction of sp³-hybridized carbons (Fsp3) is 0.417. The zero-order valence-corrected chi connectivity index (χ0v) is 12.3. The lowest BCUT2D eigenvalue weighted by atomic mass is 10.2. The Morgan fingerprint density at radius 1 is 1.40 bits per heavy atom. The van der Waals surface area contributed by atoms with Gasteiger partial charge in [-0.25, -0.2) is 0 Å². The summed E-state index contributed by atoms with van der Waals surface area (Å²) in [6, 6.07) is 3.54. The fourth-order valence-electron chi connectivity index (χ4n) is 1.78. The second-order valence-electron chi connectivity index (χ2n) is 4.11. The van der Waals surface area contributed by atoms with E-state index in [1.165, 1.54) is 4.80 Å². The first-order chi connectivity index (χ1) is 9.63. The van der Waals surface area contributed by atoms with Gasteiger partial charge in [0.15, 0.2) is 18.1 Å². The smallest absolute Gasteiger partial charge is 0.212 e. The van der Waals surface area contributed by atoms with Gasteiger partial charge in [0.05, 0.1) is 14.2 Å². The number of nitrogens with one attached hydrogen (secondary N) is 1. The summed E-state index contributed by atoms with van der Waals surface area (Å²) in [5.41, 5.74) is 0.903. The third-order valence-corrected chi connectivity index (χ3v) is 2.80. The maximum Gasteiger partial charge on any atom is 0.212 e. The van der Waals surface area contributed by atoms with Gasteiger partial charge in [0.1, 0.15) is 0 Å². The van der Waals surface area contributed by atoms with Gasteiger partial charge < -0.3 is 14.8 Å². The zero-order chi connectivity index (χ0) is 14.5. The van der Waals surface area contributed by atoms with Gasteiger partial charge in [-0.1, -0.05) is 11.6 Å². The maximum atomic E-state index is 6.06. The molecule has 0 amide bonds. The average molecular weight is 298 g/mol. The van der Waals surface area contributed by atoms with Gasteiger partial charge in [-0.15, -0.1) is 10.2 Å². The highest BCUT2D eigenvalue weighted by Crippen LogP contribution is 2.35. The third kappa shape index (κ3) is 3.37. The van der Waals surface area contributed by atoms with Crippen LogP contribution in [0.25, 0.3) is 0 Å². The van der Waals surface area contributed by atoms with Crippen LogP contribution in [0.15, 0.2) is 12.1 Å². The molecule has 0 spiro atoms. The molecule has 0 atom stereocenters. The van der Waals surface area contributed by atoms with E-state index < -0.39 is 0 Å². The van der Waals surface area contributed by atoms with Crippen LogP contribution < -0.4 is 14.8 Å². The molecule has 0 unspecified atom stereocenters. The second kappa shape index (κ2) is 6.53. The van der Waals surface area contributed by atoms with Crippen LogP contribution in [0.3, 0.4) is 0 Å². The highest BCUT2D eigenvalue weighted by Gasteiger charge is 2.13. The largest absolute Gasteiger partial charge is 0.493 e. The van der Waals surface area contributed by atoms with Gasteiger partial charge in [0, 0.05) is 23.2 Å². The lowest BCUT2D eigenvalue weighted by Crippen LogP contribution is -2.09. The number of ether oxygens (including phenoxy) is 2. The number of tetrazole rings is 1. The van der Waals surface area contributed by atoms with Crippen LogP contribution in [-0.2, 0) is 20.2 Å². The number of benzene rings is 1. The Kier molecular flexibility index (Phi) is 4.75. The van der Waals surface area contributed by atoms with Crippen molar-refractivity contribution in [1.82, 2.24) is 25.5 Å². The Morgan fingerprint density at radius 3 is 2.80 bits per heavy atom. The minimum absolute atomic E-state index is 0.211. The molecule has 0 aliphatic heterocycles. The average Bonchev–Trinajstić information content (AvgIpc) is 2.83. The molecule has 1 aromatic heterocycles. The van der Waals surface area contributed by atoms with Crippen LogP contribution >= 0.6 is 11.6 Å². The van der Waals surface area contributed by atoms with E-state index in [1.807, 2.05) is 13.1 Å². The summed E-state index contributed by atoms with van der Waals surface area (Å²) in [6.07, 6.45) is 0. The van der Waals surface area contributed by atoms with Gasteiger partial charge in [0.2, 0.25) is 5.82 Å². The maximum absolute atomic E-state index is 6.06. The molecular formula is C12H16ClN5O2. The quantitative estimate of drug-likeness (QED) is 0.863. The Hall–Kier alpha value is -1.86. The topological polar surface area (TPSA) is 74.1 Å². The van der Waals surface area contributed by atoms with Crippen molar-refractivity contribution in [3.8, 4) is 11.5 Å². The van der Waals surface area contributed by atoms with E-state index in [4.69, 9.17) is 21.1 Å². The van der Waals surface area contributed by atoms with E-state index in [9.17, 15) is 0 Å². The molecule has 0 fully saturated rings. The van der Waals surface area contributed by atoms with Crippen LogP contribution in [0.5, 0.6) is 11.5 Å². The molecule has 0 radical (unpaired) electrons. The number of methoxy groups -OCH3 is 1. The number of aromatic nitrogens is 4. The summed E-state index contributed by atoms with van der Waals surface area (Å²) < 4.78 is 11.1. The molecule has 20 heavy (non-hydrogen) atoms. The number of halogens is 1. The second-order valence-corrected chi connectivity index (χ2v) is 4.55. The Bertz CT molecular complexity index is 587. The summed E-state index contributed by atoms with van der Waals surface area (Å²) in [6.45, 7) is 0.822. The molecule has 0 saturated heterocycles. The van der Waals surface area contributed by atoms with Crippen molar-refractivity contribution in [2.24, 2.45) is 7.05 Å². The fourth-order valence-corrected chi connectivity index (χ4v) is 2.01. The molecule has 1 aromatic carbocycles. The minimum Gasteiger partial charge on any atom is -0.493 e. The van der Waals surface area contributed by atoms with Crippen molar-refractivity contribution >= 4 is 11.6 Å². The molecular weight excluding hydrogens is 282 g/mol. The van der Waals surface area contributed by atoms with E-state index >= 15 is 0 Å². The highest BCUT2D eigenvalue weighted by molar-refractivity contribution is 6.30. The minimum atomic E-state index is 0.211. The van der Waals surface area contributed by atoms with Gasteiger partial charge in [-0.3, -0.25) is 0 Å². The summed E-state index contributed by atoms with van der Waals surface area (Å²) in [4.78, 5) is 1.38. The first kappa shape index (κ1) is 14.5. The highest BCUT2D eigenvalue weighted by atomic mass is 35.5. The van der Waals surface area contributed by atoms with Gasteiger partial charge in [-0.2, -0.15) is 4.80 Å². The first-order valence-corrected chi connectivity index (χ1v) is 6.38. The first-order valence-electron chi connectivity index (χ1n) is 6.00. The van der Waals surface area contributed by atoms with Crippen LogP contribution in [-0.4, -0.2) is 34.4 Å². The normalized spacial score (nSPS) is 10.6. The Labute approximate surface area is 121 Å². The monoisotopic (exact) mass is 297 g/mol. The van der Waals surface area contributed by atoms with Crippen molar-refractivity contribution < 1.29 is 9.47 Å². The molecule has 2 rings (SSSR count). The predicted octanol–water partition coefficient (Wildman–Crippen LogP) is 1.17. The summed E-state index contributed by atoms with van der Waals surface area (Å²) in [5, 5.41) is 15.3. The van der Waals surface area contributed by atoms with Gasteiger partial charge in [-0.05, 0) is 18.3 Å². The van der Waals surface area contributed by atoms with E-state index in [0.29, 0.717) is 28.9 Å². The summed E-state index contributed by atoms with van der Waals surface area (Å²) in [7, 11) is 5.12. The lowest BCUT2D eigenvalue weighted by molar-refractivity contribution is 0.272. The molecule has 1 heterocycles. The van der Waals surface area contributed by atoms with Crippen molar-refractivity contribution in [2.45, 2.75) is 13.2 Å². The van der Waals surface area contributed by atoms with Crippen molar-refractivity contribution in [3.05, 3.63) is 28.5 Å². The Balaban J connectivity index is 2.23. The molecule has 0 aliphatic carbocycles. The SMILES string of the molecule is CNCc1cc(Cl)cc(OC)c1OCc1nnn(C)n1. The van der Waals surface area contributed by atoms with Crippen molar-refractivity contribution in [2.75, 3.05) is 14.2 Å². The molecule has 108 valence electrons. The number of rotatable bonds is 6. The summed E-state index contributed by atoms with van der Waals surface area (Å²) in [5.74, 6) is 1.70. The number of aryl methyl sites for hydroxylation is 1. The van der Waals surface area contributed by atoms with Crippen LogP contribution in [0.1, 0.15) is 11.4 Å². The summed E-state index contributed by atoms with van der Waals surface area (Å²) >= 11 is 6.06. The Morgan fingerprint density at radius 2 is 2.20 bits per heavy atom. The molecule has 8 heteroatoms. The third-order valence-electron chi connectivity index (χ3n) is 2.58. The lowest BCUT2D eigenvalue weighted by Gasteiger charge is -2.14. The predicted molar refractivity (Wildman–Crippen MR) is 73.9 cm³/mol. The molecule has 7 nitrogen and oxygen atoms in total. The molecule has 0 aliphatic rings. The van der Waals surface area contributed by atoms with E-state index in [-0.39, 0.29) is 6.61 Å². The number of hydrogen-bond acceptors (Lipinski definition) is 6. The molecule has 0 bridgehead atoms. The van der Waals surface area contributed by atoms with E-state index in [2.05, 4.69) is 20.7 Å². The van der Waals surface area contributed by atoms with Gasteiger partial charge in [0.25, 0.3) is 0 Å². The molecule has 1 N–H and O–H groups in total. The molecule has 2 aromatic rings. The standard InChI is InChI=1S/C12H16ClN5O2/c1-14-6-8-4-9(13)5-10(19-3)12(8)20-7-11-15-17-18(2)16-11/h4-5,14H,6-7H2,1-3H3. The molecule has 0 saturated carbocycles. The van der Waals surface area contributed by atoms with Crippen molar-refractivity contribution in [3.63, 3.8) is 0 Å². The van der Waals surface area contributed by atoms with Crippen LogP contribution in [0, 0.1) is 0 Å². The van der Waals surface area contributed by atoms with Crippen LogP contribution in [0.2, 0.25) is 5.02 Å². The van der Waals surface area contributed by atoms with E-state index in [1.54, 1.807) is 20.2 Å². The van der Waals surface area contributed by atoms with E-state index in [0.717, 1.165) is 5.56 Å². The van der Waals surface area contributed by atoms with Gasteiger partial charge >= 0.3 is 0 Å². The number of hydrogen-bond donors (Lipinski definition) is 1. The van der Waals surface area contributed by atoms with Crippen molar-refractivity contribution in [1.29, 1.82) is 0 Å².